The largest absolute Gasteiger partial charge is 0.486 e. The van der Waals surface area contributed by atoms with Gasteiger partial charge in [0.15, 0.2) is 0 Å². The van der Waals surface area contributed by atoms with Gasteiger partial charge in [-0.25, -0.2) is 8.78 Å². The van der Waals surface area contributed by atoms with E-state index in [1.165, 1.54) is 6.07 Å². The van der Waals surface area contributed by atoms with Crippen LogP contribution in [0.1, 0.15) is 5.56 Å². The zero-order valence-corrected chi connectivity index (χ0v) is 8.59. The van der Waals surface area contributed by atoms with Crippen molar-refractivity contribution in [3.05, 3.63) is 28.2 Å². The van der Waals surface area contributed by atoms with Crippen LogP contribution in [0.5, 0.6) is 5.75 Å². The molecule has 0 radical (unpaired) electrons. The number of rotatable bonds is 3. The predicted octanol–water partition coefficient (Wildman–Crippen LogP) is 2.96. The van der Waals surface area contributed by atoms with Crippen LogP contribution in [0.4, 0.5) is 8.78 Å². The molecule has 0 fully saturated rings. The average Bonchev–Trinajstić information content (AvgIpc) is 2.16. The normalized spacial score (nSPS) is 9.93. The van der Waals surface area contributed by atoms with Crippen molar-refractivity contribution in [2.75, 3.05) is 6.61 Å². The Morgan fingerprint density at radius 2 is 2.21 bits per heavy atom. The monoisotopic (exact) mass is 261 g/mol. The first-order valence-electron chi connectivity index (χ1n) is 3.74. The highest BCUT2D eigenvalue weighted by atomic mass is 79.9. The fraction of sp³-hybridized carbons (Fsp3) is 0.222. The number of nitrogens with zero attached hydrogens (tertiary/aromatic N) is 1. The van der Waals surface area contributed by atoms with Crippen molar-refractivity contribution >= 4 is 15.9 Å². The molecule has 1 rings (SSSR count). The van der Waals surface area contributed by atoms with Gasteiger partial charge in [0.05, 0.1) is 16.1 Å². The highest BCUT2D eigenvalue weighted by Crippen LogP contribution is 2.26. The van der Waals surface area contributed by atoms with Gasteiger partial charge in [0.25, 0.3) is 6.43 Å². The number of alkyl halides is 2. The lowest BCUT2D eigenvalue weighted by Gasteiger charge is -2.07. The van der Waals surface area contributed by atoms with Crippen LogP contribution in [-0.2, 0) is 0 Å². The third-order valence-electron chi connectivity index (χ3n) is 1.43. The number of hydrogen-bond acceptors (Lipinski definition) is 2. The minimum Gasteiger partial charge on any atom is -0.486 e. The molecule has 0 aromatic heterocycles. The molecule has 5 heteroatoms. The fourth-order valence-electron chi connectivity index (χ4n) is 0.836. The van der Waals surface area contributed by atoms with Gasteiger partial charge in [-0.3, -0.25) is 0 Å². The van der Waals surface area contributed by atoms with Gasteiger partial charge in [0, 0.05) is 0 Å². The van der Waals surface area contributed by atoms with Crippen molar-refractivity contribution in [1.29, 1.82) is 5.26 Å². The van der Waals surface area contributed by atoms with Crippen molar-refractivity contribution < 1.29 is 13.5 Å². The number of nitriles is 1. The molecule has 0 amide bonds. The number of halogens is 3. The molecule has 1 aromatic carbocycles. The molecule has 0 aliphatic carbocycles. The van der Waals surface area contributed by atoms with E-state index in [-0.39, 0.29) is 5.75 Å². The lowest BCUT2D eigenvalue weighted by Crippen LogP contribution is -2.07. The maximum atomic E-state index is 11.8. The highest BCUT2D eigenvalue weighted by molar-refractivity contribution is 9.10. The van der Waals surface area contributed by atoms with E-state index in [1.54, 1.807) is 12.1 Å². The molecule has 0 saturated heterocycles. The van der Waals surface area contributed by atoms with E-state index in [1.807, 2.05) is 6.07 Å². The van der Waals surface area contributed by atoms with Crippen molar-refractivity contribution in [1.82, 2.24) is 0 Å². The molecule has 0 unspecified atom stereocenters. The lowest BCUT2D eigenvalue weighted by molar-refractivity contribution is 0.0815. The maximum absolute atomic E-state index is 11.8. The van der Waals surface area contributed by atoms with Crippen molar-refractivity contribution in [3.63, 3.8) is 0 Å². The second-order valence-corrected chi connectivity index (χ2v) is 3.31. The smallest absolute Gasteiger partial charge is 0.272 e. The van der Waals surface area contributed by atoms with Gasteiger partial charge in [-0.2, -0.15) is 5.26 Å². The first-order chi connectivity index (χ1) is 6.63. The molecule has 0 heterocycles. The summed E-state index contributed by atoms with van der Waals surface area (Å²) in [6.07, 6.45) is -2.52. The average molecular weight is 262 g/mol. The van der Waals surface area contributed by atoms with Crippen molar-refractivity contribution in [2.45, 2.75) is 6.43 Å². The summed E-state index contributed by atoms with van der Waals surface area (Å²) >= 11 is 3.13. The molecule has 0 bridgehead atoms. The zero-order chi connectivity index (χ0) is 10.6. The summed E-state index contributed by atoms with van der Waals surface area (Å²) in [5.41, 5.74) is 0.373. The van der Waals surface area contributed by atoms with E-state index in [0.29, 0.717) is 10.0 Å². The van der Waals surface area contributed by atoms with Crippen molar-refractivity contribution in [2.24, 2.45) is 0 Å². The SMILES string of the molecule is N#Cc1ccc(Br)c(OCC(F)F)c1. The van der Waals surface area contributed by atoms with E-state index in [2.05, 4.69) is 15.9 Å². The predicted molar refractivity (Wildman–Crippen MR) is 50.4 cm³/mol. The van der Waals surface area contributed by atoms with Gasteiger partial charge < -0.3 is 4.74 Å². The van der Waals surface area contributed by atoms with Crippen LogP contribution in [0.2, 0.25) is 0 Å². The molecule has 2 nitrogen and oxygen atoms in total. The molecule has 0 N–H and O–H groups in total. The quantitative estimate of drug-likeness (QED) is 0.838. The first kappa shape index (κ1) is 10.9. The molecule has 0 atom stereocenters. The van der Waals surface area contributed by atoms with Crippen LogP contribution in [0, 0.1) is 11.3 Å². The summed E-state index contributed by atoms with van der Waals surface area (Å²) in [5, 5.41) is 8.56. The summed E-state index contributed by atoms with van der Waals surface area (Å²) in [5.74, 6) is 0.254. The molecular weight excluding hydrogens is 256 g/mol. The lowest BCUT2D eigenvalue weighted by atomic mass is 10.2. The van der Waals surface area contributed by atoms with E-state index < -0.39 is 13.0 Å². The first-order valence-corrected chi connectivity index (χ1v) is 4.53. The third-order valence-corrected chi connectivity index (χ3v) is 2.08. The van der Waals surface area contributed by atoms with Gasteiger partial charge in [-0.15, -0.1) is 0 Å². The summed E-state index contributed by atoms with van der Waals surface area (Å²) in [7, 11) is 0. The molecule has 0 aliphatic rings. The minimum absolute atomic E-state index is 0.254. The molecule has 14 heavy (non-hydrogen) atoms. The number of hydrogen-bond donors (Lipinski definition) is 0. The van der Waals surface area contributed by atoms with Gasteiger partial charge >= 0.3 is 0 Å². The van der Waals surface area contributed by atoms with Crippen LogP contribution in [0.3, 0.4) is 0 Å². The van der Waals surface area contributed by atoms with Crippen LogP contribution in [0.15, 0.2) is 22.7 Å². The van der Waals surface area contributed by atoms with Gasteiger partial charge in [0.2, 0.25) is 0 Å². The van der Waals surface area contributed by atoms with E-state index in [4.69, 9.17) is 10.00 Å². The van der Waals surface area contributed by atoms with E-state index >= 15 is 0 Å². The topological polar surface area (TPSA) is 33.0 Å². The Morgan fingerprint density at radius 1 is 1.50 bits per heavy atom. The fourth-order valence-corrected chi connectivity index (χ4v) is 1.20. The Kier molecular flexibility index (Phi) is 3.84. The summed E-state index contributed by atoms with van der Waals surface area (Å²) in [6, 6.07) is 6.45. The molecule has 1 aromatic rings. The minimum atomic E-state index is -2.52. The maximum Gasteiger partial charge on any atom is 0.272 e. The molecule has 0 spiro atoms. The summed E-state index contributed by atoms with van der Waals surface area (Å²) in [4.78, 5) is 0. The highest BCUT2D eigenvalue weighted by Gasteiger charge is 2.07. The second-order valence-electron chi connectivity index (χ2n) is 2.46. The standard InChI is InChI=1S/C9H6BrF2NO/c10-7-2-1-6(4-13)3-8(7)14-5-9(11)12/h1-3,9H,5H2. The molecular formula is C9H6BrF2NO. The molecule has 74 valence electrons. The van der Waals surface area contributed by atoms with Gasteiger partial charge in [0.1, 0.15) is 12.4 Å². The third kappa shape index (κ3) is 2.96. The summed E-state index contributed by atoms with van der Waals surface area (Å²) < 4.78 is 29.0. The van der Waals surface area contributed by atoms with Crippen LogP contribution >= 0.6 is 15.9 Å². The van der Waals surface area contributed by atoms with Crippen LogP contribution in [0.25, 0.3) is 0 Å². The van der Waals surface area contributed by atoms with Gasteiger partial charge in [-0.1, -0.05) is 0 Å². The van der Waals surface area contributed by atoms with Crippen LogP contribution in [-0.4, -0.2) is 13.0 Å². The summed E-state index contributed by atoms with van der Waals surface area (Å²) in [6.45, 7) is -0.673. The second kappa shape index (κ2) is 4.91. The molecule has 0 saturated carbocycles. The van der Waals surface area contributed by atoms with Crippen molar-refractivity contribution in [3.8, 4) is 11.8 Å². The number of ether oxygens (including phenoxy) is 1. The molecule has 0 aliphatic heterocycles. The Balaban J connectivity index is 2.80. The van der Waals surface area contributed by atoms with E-state index in [9.17, 15) is 8.78 Å². The number of benzene rings is 1. The van der Waals surface area contributed by atoms with Gasteiger partial charge in [-0.05, 0) is 34.1 Å². The Morgan fingerprint density at radius 3 is 2.79 bits per heavy atom. The zero-order valence-electron chi connectivity index (χ0n) is 7.01. The Bertz CT molecular complexity index is 362. The van der Waals surface area contributed by atoms with E-state index in [0.717, 1.165) is 0 Å². The van der Waals surface area contributed by atoms with Crippen LogP contribution < -0.4 is 4.74 Å². The Hall–Kier alpha value is -1.15. The Labute approximate surface area is 88.2 Å².